The Balaban J connectivity index is 1.80. The Labute approximate surface area is 111 Å². The molecule has 0 spiro atoms. The minimum atomic E-state index is -0.0673. The Hall–Kier alpha value is -1.21. The number of aryl methyl sites for hydroxylation is 1. The minimum absolute atomic E-state index is 0.0673. The number of aromatic nitrogens is 2. The maximum atomic E-state index is 12.0. The van der Waals surface area contributed by atoms with E-state index in [-0.39, 0.29) is 6.03 Å². The summed E-state index contributed by atoms with van der Waals surface area (Å²) in [6, 6.07) is -0.0673. The summed E-state index contributed by atoms with van der Waals surface area (Å²) in [7, 11) is 0. The summed E-state index contributed by atoms with van der Waals surface area (Å²) in [5, 5.41) is 12.0. The van der Waals surface area contributed by atoms with Crippen molar-refractivity contribution in [3.63, 3.8) is 0 Å². The SMILES string of the molecule is CCCN1CCN(C(=O)Nc2nnc(C)s2)CC1. The molecule has 6 nitrogen and oxygen atoms in total. The van der Waals surface area contributed by atoms with Crippen molar-refractivity contribution in [2.24, 2.45) is 0 Å². The monoisotopic (exact) mass is 269 g/mol. The molecular weight excluding hydrogens is 250 g/mol. The third-order valence-corrected chi connectivity index (χ3v) is 3.69. The number of rotatable bonds is 3. The van der Waals surface area contributed by atoms with Crippen molar-refractivity contribution in [3.05, 3.63) is 5.01 Å². The Morgan fingerprint density at radius 1 is 1.33 bits per heavy atom. The van der Waals surface area contributed by atoms with Gasteiger partial charge in [0.05, 0.1) is 0 Å². The van der Waals surface area contributed by atoms with E-state index in [0.717, 1.165) is 44.2 Å². The lowest BCUT2D eigenvalue weighted by molar-refractivity contribution is 0.147. The average molecular weight is 269 g/mol. The smallest absolute Gasteiger partial charge is 0.322 e. The quantitative estimate of drug-likeness (QED) is 0.901. The first-order valence-electron chi connectivity index (χ1n) is 6.27. The van der Waals surface area contributed by atoms with E-state index >= 15 is 0 Å². The predicted octanol–water partition coefficient (Wildman–Crippen LogP) is 1.41. The van der Waals surface area contributed by atoms with Gasteiger partial charge in [0.15, 0.2) is 0 Å². The Morgan fingerprint density at radius 3 is 2.61 bits per heavy atom. The normalized spacial score (nSPS) is 16.9. The van der Waals surface area contributed by atoms with E-state index < -0.39 is 0 Å². The Morgan fingerprint density at radius 2 is 2.06 bits per heavy atom. The van der Waals surface area contributed by atoms with Crippen LogP contribution in [-0.2, 0) is 0 Å². The van der Waals surface area contributed by atoms with Crippen LogP contribution in [0.5, 0.6) is 0 Å². The van der Waals surface area contributed by atoms with Gasteiger partial charge in [0.2, 0.25) is 5.13 Å². The Kier molecular flexibility index (Phi) is 4.48. The van der Waals surface area contributed by atoms with Crippen molar-refractivity contribution in [2.75, 3.05) is 38.0 Å². The number of hydrogen-bond acceptors (Lipinski definition) is 5. The van der Waals surface area contributed by atoms with Crippen LogP contribution in [0, 0.1) is 6.92 Å². The lowest BCUT2D eigenvalue weighted by Gasteiger charge is -2.34. The highest BCUT2D eigenvalue weighted by atomic mass is 32.1. The number of hydrogen-bond donors (Lipinski definition) is 1. The maximum Gasteiger partial charge on any atom is 0.323 e. The summed E-state index contributed by atoms with van der Waals surface area (Å²) in [4.78, 5) is 16.2. The van der Waals surface area contributed by atoms with Gasteiger partial charge < -0.3 is 4.90 Å². The lowest BCUT2D eigenvalue weighted by Crippen LogP contribution is -2.50. The number of urea groups is 1. The van der Waals surface area contributed by atoms with Crippen LogP contribution in [0.3, 0.4) is 0 Å². The molecule has 1 aromatic rings. The van der Waals surface area contributed by atoms with E-state index in [9.17, 15) is 4.79 Å². The minimum Gasteiger partial charge on any atom is -0.322 e. The van der Waals surface area contributed by atoms with Crippen LogP contribution in [0.15, 0.2) is 0 Å². The molecule has 1 saturated heterocycles. The van der Waals surface area contributed by atoms with Crippen LogP contribution < -0.4 is 5.32 Å². The molecule has 0 aliphatic carbocycles. The van der Waals surface area contributed by atoms with E-state index in [0.29, 0.717) is 5.13 Å². The van der Waals surface area contributed by atoms with Crippen LogP contribution in [0.25, 0.3) is 0 Å². The fraction of sp³-hybridized carbons (Fsp3) is 0.727. The fourth-order valence-corrected chi connectivity index (χ4v) is 2.59. The van der Waals surface area contributed by atoms with Gasteiger partial charge in [0.1, 0.15) is 5.01 Å². The molecule has 2 rings (SSSR count). The topological polar surface area (TPSA) is 61.4 Å². The molecule has 0 aromatic carbocycles. The average Bonchev–Trinajstić information content (AvgIpc) is 2.76. The molecule has 1 fully saturated rings. The molecule has 0 bridgehead atoms. The third-order valence-electron chi connectivity index (χ3n) is 2.94. The van der Waals surface area contributed by atoms with Gasteiger partial charge in [0, 0.05) is 26.2 Å². The number of carbonyl (C=O) groups excluding carboxylic acids is 1. The highest BCUT2D eigenvalue weighted by Crippen LogP contribution is 2.14. The summed E-state index contributed by atoms with van der Waals surface area (Å²) in [6.07, 6.45) is 1.16. The zero-order valence-electron chi connectivity index (χ0n) is 10.8. The van der Waals surface area contributed by atoms with Gasteiger partial charge in [-0.05, 0) is 19.9 Å². The molecule has 1 N–H and O–H groups in total. The van der Waals surface area contributed by atoms with E-state index in [1.54, 1.807) is 0 Å². The summed E-state index contributed by atoms with van der Waals surface area (Å²) in [5.74, 6) is 0. The molecular formula is C11H19N5OS. The summed E-state index contributed by atoms with van der Waals surface area (Å²) >= 11 is 1.40. The second-order valence-electron chi connectivity index (χ2n) is 4.39. The third kappa shape index (κ3) is 3.39. The van der Waals surface area contributed by atoms with Crippen molar-refractivity contribution < 1.29 is 4.79 Å². The van der Waals surface area contributed by atoms with Crippen molar-refractivity contribution >= 4 is 22.5 Å². The van der Waals surface area contributed by atoms with E-state index in [1.807, 2.05) is 11.8 Å². The summed E-state index contributed by atoms with van der Waals surface area (Å²) < 4.78 is 0. The van der Waals surface area contributed by atoms with Gasteiger partial charge in [-0.2, -0.15) is 0 Å². The molecule has 1 aliphatic heterocycles. The molecule has 7 heteroatoms. The molecule has 0 atom stereocenters. The standard InChI is InChI=1S/C11H19N5OS/c1-3-4-15-5-7-16(8-6-15)11(17)12-10-14-13-9(2)18-10/h3-8H2,1-2H3,(H,12,14,17). The maximum absolute atomic E-state index is 12.0. The number of nitrogens with zero attached hydrogens (tertiary/aromatic N) is 4. The second-order valence-corrected chi connectivity index (χ2v) is 5.57. The van der Waals surface area contributed by atoms with Gasteiger partial charge in [-0.15, -0.1) is 10.2 Å². The zero-order chi connectivity index (χ0) is 13.0. The van der Waals surface area contributed by atoms with E-state index in [2.05, 4.69) is 27.3 Å². The number of carbonyl (C=O) groups is 1. The van der Waals surface area contributed by atoms with Gasteiger partial charge in [0.25, 0.3) is 0 Å². The first kappa shape index (κ1) is 13.2. The summed E-state index contributed by atoms with van der Waals surface area (Å²) in [5.41, 5.74) is 0. The van der Waals surface area contributed by atoms with Crippen LogP contribution in [-0.4, -0.2) is 58.8 Å². The predicted molar refractivity (Wildman–Crippen MR) is 72.0 cm³/mol. The van der Waals surface area contributed by atoms with Crippen molar-refractivity contribution in [1.82, 2.24) is 20.0 Å². The molecule has 1 aromatic heterocycles. The number of piperazine rings is 1. The van der Waals surface area contributed by atoms with Crippen LogP contribution in [0.1, 0.15) is 18.4 Å². The number of nitrogens with one attached hydrogen (secondary N) is 1. The van der Waals surface area contributed by atoms with E-state index in [1.165, 1.54) is 11.3 Å². The largest absolute Gasteiger partial charge is 0.323 e. The highest BCUT2D eigenvalue weighted by Gasteiger charge is 2.21. The first-order valence-corrected chi connectivity index (χ1v) is 7.09. The molecule has 2 heterocycles. The molecule has 100 valence electrons. The Bertz CT molecular complexity index is 400. The number of anilines is 1. The highest BCUT2D eigenvalue weighted by molar-refractivity contribution is 7.15. The number of amides is 2. The molecule has 1 aliphatic rings. The van der Waals surface area contributed by atoms with Crippen molar-refractivity contribution in [3.8, 4) is 0 Å². The van der Waals surface area contributed by atoms with Crippen LogP contribution in [0.4, 0.5) is 9.93 Å². The van der Waals surface area contributed by atoms with Crippen molar-refractivity contribution in [2.45, 2.75) is 20.3 Å². The molecule has 0 saturated carbocycles. The van der Waals surface area contributed by atoms with Gasteiger partial charge in [-0.25, -0.2) is 4.79 Å². The molecule has 2 amide bonds. The van der Waals surface area contributed by atoms with Crippen LogP contribution >= 0.6 is 11.3 Å². The molecule has 18 heavy (non-hydrogen) atoms. The van der Waals surface area contributed by atoms with E-state index in [4.69, 9.17) is 0 Å². The zero-order valence-corrected chi connectivity index (χ0v) is 11.7. The van der Waals surface area contributed by atoms with Gasteiger partial charge in [-0.1, -0.05) is 18.3 Å². The van der Waals surface area contributed by atoms with Crippen LogP contribution in [0.2, 0.25) is 0 Å². The summed E-state index contributed by atoms with van der Waals surface area (Å²) in [6.45, 7) is 8.64. The van der Waals surface area contributed by atoms with Gasteiger partial charge in [-0.3, -0.25) is 10.2 Å². The van der Waals surface area contributed by atoms with Gasteiger partial charge >= 0.3 is 6.03 Å². The van der Waals surface area contributed by atoms with Crippen molar-refractivity contribution in [1.29, 1.82) is 0 Å². The lowest BCUT2D eigenvalue weighted by atomic mass is 10.3. The molecule has 0 radical (unpaired) electrons. The first-order chi connectivity index (χ1) is 8.69. The second kappa shape index (κ2) is 6.10. The fourth-order valence-electron chi connectivity index (χ4n) is 2.01. The molecule has 0 unspecified atom stereocenters.